The number of Topliss-reactive ketones (excluding diaryl/α,β-unsaturated/α-hetero) is 1. The van der Waals surface area contributed by atoms with Crippen molar-refractivity contribution in [3.8, 4) is 0 Å². The van der Waals surface area contributed by atoms with E-state index in [9.17, 15) is 18.8 Å². The number of ketones is 1. The highest BCUT2D eigenvalue weighted by atomic mass is 19.1. The maximum atomic E-state index is 13.6. The van der Waals surface area contributed by atoms with Crippen LogP contribution >= 0.6 is 0 Å². The molecule has 1 N–H and O–H groups in total. The summed E-state index contributed by atoms with van der Waals surface area (Å²) in [6.07, 6.45) is -0.141. The van der Waals surface area contributed by atoms with E-state index < -0.39 is 11.6 Å². The highest BCUT2D eigenvalue weighted by Crippen LogP contribution is 2.16. The van der Waals surface area contributed by atoms with Gasteiger partial charge in [-0.15, -0.1) is 0 Å². The second-order valence-corrected chi connectivity index (χ2v) is 6.95. The molecule has 1 heterocycles. The number of ether oxygens (including phenoxy) is 1. The normalized spacial score (nSPS) is 16.3. The third kappa shape index (κ3) is 5.26. The minimum absolute atomic E-state index is 0.0134. The molecule has 1 unspecified atom stereocenters. The lowest BCUT2D eigenvalue weighted by molar-refractivity contribution is -0.116. The van der Waals surface area contributed by atoms with Crippen LogP contribution < -0.4 is 5.32 Å². The molecule has 2 aromatic rings. The smallest absolute Gasteiger partial charge is 0.254 e. The van der Waals surface area contributed by atoms with E-state index in [0.717, 1.165) is 0 Å². The van der Waals surface area contributed by atoms with E-state index in [2.05, 4.69) is 5.32 Å². The lowest BCUT2D eigenvalue weighted by atomic mass is 10.1. The molecule has 1 aliphatic rings. The molecule has 3 rings (SSSR count). The number of rotatable bonds is 6. The van der Waals surface area contributed by atoms with Crippen molar-refractivity contribution < 1.29 is 23.5 Å². The molecule has 1 atom stereocenters. The number of hydrogen-bond donors (Lipinski definition) is 1. The number of halogens is 1. The minimum Gasteiger partial charge on any atom is -0.377 e. The van der Waals surface area contributed by atoms with Gasteiger partial charge in [-0.25, -0.2) is 4.39 Å². The Bertz CT molecular complexity index is 898. The molecular formula is C22H23FN2O4. The highest BCUT2D eigenvalue weighted by Gasteiger charge is 2.24. The Hall–Kier alpha value is -3.06. The predicted octanol–water partition coefficient (Wildman–Crippen LogP) is 3.29. The van der Waals surface area contributed by atoms with Crippen LogP contribution in [0.25, 0.3) is 0 Å². The largest absolute Gasteiger partial charge is 0.377 e. The maximum Gasteiger partial charge on any atom is 0.254 e. The molecule has 0 radical (unpaired) electrons. The second-order valence-electron chi connectivity index (χ2n) is 6.95. The fraction of sp³-hybridized carbons (Fsp3) is 0.318. The van der Waals surface area contributed by atoms with Crippen molar-refractivity contribution >= 4 is 23.3 Å². The van der Waals surface area contributed by atoms with Crippen molar-refractivity contribution in [2.24, 2.45) is 0 Å². The van der Waals surface area contributed by atoms with Crippen molar-refractivity contribution in [2.75, 3.05) is 25.1 Å². The van der Waals surface area contributed by atoms with Gasteiger partial charge in [0.1, 0.15) is 5.82 Å². The molecule has 0 bridgehead atoms. The average molecular weight is 398 g/mol. The van der Waals surface area contributed by atoms with E-state index in [1.807, 2.05) is 6.92 Å². The third-order valence-corrected chi connectivity index (χ3v) is 4.80. The van der Waals surface area contributed by atoms with Gasteiger partial charge in [0.2, 0.25) is 5.91 Å². The van der Waals surface area contributed by atoms with E-state index in [1.54, 1.807) is 35.2 Å². The van der Waals surface area contributed by atoms with Gasteiger partial charge in [0, 0.05) is 30.6 Å². The molecule has 2 aromatic carbocycles. The molecule has 0 saturated carbocycles. The Labute approximate surface area is 168 Å². The van der Waals surface area contributed by atoms with Crippen molar-refractivity contribution in [1.29, 1.82) is 0 Å². The first-order valence-electron chi connectivity index (χ1n) is 9.52. The zero-order valence-electron chi connectivity index (χ0n) is 16.2. The fourth-order valence-electron chi connectivity index (χ4n) is 3.16. The molecule has 1 fully saturated rings. The quantitative estimate of drug-likeness (QED) is 0.758. The number of morpholine rings is 1. The van der Waals surface area contributed by atoms with E-state index in [4.69, 9.17) is 4.74 Å². The topological polar surface area (TPSA) is 75.7 Å². The summed E-state index contributed by atoms with van der Waals surface area (Å²) in [5, 5.41) is 2.69. The molecule has 7 heteroatoms. The molecule has 0 aromatic heterocycles. The van der Waals surface area contributed by atoms with Crippen LogP contribution in [-0.4, -0.2) is 48.3 Å². The van der Waals surface area contributed by atoms with Gasteiger partial charge < -0.3 is 15.0 Å². The van der Waals surface area contributed by atoms with Crippen molar-refractivity contribution in [3.63, 3.8) is 0 Å². The molecule has 0 spiro atoms. The first-order chi connectivity index (χ1) is 14.0. The van der Waals surface area contributed by atoms with Crippen molar-refractivity contribution in [2.45, 2.75) is 25.8 Å². The molecule has 6 nitrogen and oxygen atoms in total. The summed E-state index contributed by atoms with van der Waals surface area (Å²) in [5.41, 5.74) is 1.05. The maximum absolute atomic E-state index is 13.6. The Balaban J connectivity index is 1.52. The molecule has 2 amide bonds. The average Bonchev–Trinajstić information content (AvgIpc) is 2.73. The van der Waals surface area contributed by atoms with Crippen molar-refractivity contribution in [3.05, 3.63) is 65.5 Å². The lowest BCUT2D eigenvalue weighted by Gasteiger charge is -2.33. The SMILES string of the molecule is CC1COCCN1C(=O)c1ccc(NC(=O)CCC(=O)c2ccccc2F)cc1. The molecule has 0 aliphatic carbocycles. The predicted molar refractivity (Wildman–Crippen MR) is 106 cm³/mol. The number of nitrogens with zero attached hydrogens (tertiary/aromatic N) is 1. The zero-order chi connectivity index (χ0) is 20.8. The molecule has 1 aliphatic heterocycles. The summed E-state index contributed by atoms with van der Waals surface area (Å²) in [4.78, 5) is 38.5. The summed E-state index contributed by atoms with van der Waals surface area (Å²) in [6.45, 7) is 3.53. The second kappa shape index (κ2) is 9.43. The molecular weight excluding hydrogens is 375 g/mol. The highest BCUT2D eigenvalue weighted by molar-refractivity contribution is 6.00. The van der Waals surface area contributed by atoms with E-state index in [1.165, 1.54) is 18.2 Å². The van der Waals surface area contributed by atoms with Crippen LogP contribution in [0, 0.1) is 5.82 Å². The Morgan fingerprint density at radius 1 is 1.10 bits per heavy atom. The monoisotopic (exact) mass is 398 g/mol. The molecule has 1 saturated heterocycles. The van der Waals surface area contributed by atoms with Gasteiger partial charge in [0.15, 0.2) is 5.78 Å². The number of benzene rings is 2. The fourth-order valence-corrected chi connectivity index (χ4v) is 3.16. The van der Waals surface area contributed by atoms with Gasteiger partial charge in [0.25, 0.3) is 5.91 Å². The van der Waals surface area contributed by atoms with Crippen LogP contribution in [0.4, 0.5) is 10.1 Å². The van der Waals surface area contributed by atoms with Gasteiger partial charge in [-0.1, -0.05) is 12.1 Å². The number of hydrogen-bond acceptors (Lipinski definition) is 4. The Morgan fingerprint density at radius 2 is 1.83 bits per heavy atom. The van der Waals surface area contributed by atoms with E-state index in [-0.39, 0.29) is 36.3 Å². The van der Waals surface area contributed by atoms with Gasteiger partial charge >= 0.3 is 0 Å². The lowest BCUT2D eigenvalue weighted by Crippen LogP contribution is -2.47. The molecule has 152 valence electrons. The van der Waals surface area contributed by atoms with Crippen molar-refractivity contribution in [1.82, 2.24) is 4.90 Å². The Morgan fingerprint density at radius 3 is 2.52 bits per heavy atom. The summed E-state index contributed by atoms with van der Waals surface area (Å²) in [6, 6.07) is 12.3. The van der Waals surface area contributed by atoms with E-state index >= 15 is 0 Å². The van der Waals surface area contributed by atoms with E-state index in [0.29, 0.717) is 31.0 Å². The standard InChI is InChI=1S/C22H23FN2O4/c1-15-14-29-13-12-25(15)22(28)16-6-8-17(9-7-16)24-21(27)11-10-20(26)18-4-2-3-5-19(18)23/h2-9,15H,10-14H2,1H3,(H,24,27). The van der Waals surface area contributed by atoms with Crippen LogP contribution in [-0.2, 0) is 9.53 Å². The van der Waals surface area contributed by atoms with Crippen LogP contribution in [0.15, 0.2) is 48.5 Å². The van der Waals surface area contributed by atoms with Gasteiger partial charge in [-0.3, -0.25) is 14.4 Å². The first-order valence-corrected chi connectivity index (χ1v) is 9.52. The third-order valence-electron chi connectivity index (χ3n) is 4.80. The number of amides is 2. The van der Waals surface area contributed by atoms with Crippen LogP contribution in [0.3, 0.4) is 0 Å². The van der Waals surface area contributed by atoms with Gasteiger partial charge in [0.05, 0.1) is 24.8 Å². The summed E-state index contributed by atoms with van der Waals surface area (Å²) in [5.74, 6) is -1.43. The minimum atomic E-state index is -0.590. The summed E-state index contributed by atoms with van der Waals surface area (Å²) in [7, 11) is 0. The summed E-state index contributed by atoms with van der Waals surface area (Å²) < 4.78 is 19.0. The number of carbonyl (C=O) groups is 3. The van der Waals surface area contributed by atoms with Crippen LogP contribution in [0.1, 0.15) is 40.5 Å². The number of nitrogens with one attached hydrogen (secondary N) is 1. The van der Waals surface area contributed by atoms with Crippen LogP contribution in [0.5, 0.6) is 0 Å². The first kappa shape index (κ1) is 20.7. The van der Waals surface area contributed by atoms with Gasteiger partial charge in [-0.05, 0) is 43.3 Å². The van der Waals surface area contributed by atoms with Gasteiger partial charge in [-0.2, -0.15) is 0 Å². The molecule has 29 heavy (non-hydrogen) atoms. The number of anilines is 1. The Kier molecular flexibility index (Phi) is 6.72. The summed E-state index contributed by atoms with van der Waals surface area (Å²) >= 11 is 0. The number of carbonyl (C=O) groups excluding carboxylic acids is 3. The van der Waals surface area contributed by atoms with Crippen LogP contribution in [0.2, 0.25) is 0 Å². The zero-order valence-corrected chi connectivity index (χ0v) is 16.2.